The zero-order valence-electron chi connectivity index (χ0n) is 55.4. The van der Waals surface area contributed by atoms with Gasteiger partial charge in [0.25, 0.3) is 0 Å². The number of likely N-dealkylation sites (N-methyl/N-ethyl adjacent to an activating group) is 1. The van der Waals surface area contributed by atoms with Crippen LogP contribution in [0.15, 0.2) is 84.5 Å². The molecule has 2 fully saturated rings. The number of primary amides is 1. The van der Waals surface area contributed by atoms with Gasteiger partial charge in [-0.1, -0.05) is 67.4 Å². The minimum Gasteiger partial charge on any atom is -0.508 e. The lowest BCUT2D eigenvalue weighted by Gasteiger charge is -2.44. The smallest absolute Gasteiger partial charge is 0.330 e. The number of ether oxygens (including phenoxy) is 6. The number of nitrogens with one attached hydrogen (secondary N) is 6. The van der Waals surface area contributed by atoms with E-state index in [0.717, 1.165) is 48.6 Å². The number of halogens is 2. The van der Waals surface area contributed by atoms with E-state index in [4.69, 9.17) is 63.1 Å². The molecule has 4 aromatic carbocycles. The molecule has 4 aromatic rings. The Hall–Kier alpha value is -8.78. The number of nitrogens with two attached hydrogens (primary N) is 2. The van der Waals surface area contributed by atoms with Crippen LogP contribution >= 0.6 is 23.2 Å². The van der Waals surface area contributed by atoms with Crippen LogP contribution < -0.4 is 57.6 Å². The van der Waals surface area contributed by atoms with Crippen LogP contribution in [0.2, 0.25) is 10.0 Å². The molecule has 33 nitrogen and oxygen atoms in total. The van der Waals surface area contributed by atoms with Crippen LogP contribution in [0.1, 0.15) is 105 Å². The first-order valence-electron chi connectivity index (χ1n) is 32.2. The van der Waals surface area contributed by atoms with Crippen molar-refractivity contribution < 1.29 is 118 Å². The molecule has 0 spiro atoms. The maximum absolute atomic E-state index is 16.2. The second kappa shape index (κ2) is 30.7. The number of hydrogen-bond donors (Lipinski definition) is 18. The maximum atomic E-state index is 16.2. The molecular formula is C67H79Cl2N9O24. The number of aliphatic hydroxyl groups is 7. The Morgan fingerprint density at radius 1 is 0.765 bits per heavy atom. The third kappa shape index (κ3) is 16.0. The molecule has 2 saturated heterocycles. The van der Waals surface area contributed by atoms with Crippen molar-refractivity contribution in [2.24, 2.45) is 17.4 Å². The van der Waals surface area contributed by atoms with Gasteiger partial charge in [-0.15, -0.1) is 0 Å². The van der Waals surface area contributed by atoms with E-state index < -0.39 is 232 Å². The number of phenols is 2. The van der Waals surface area contributed by atoms with Gasteiger partial charge in [-0.25, -0.2) is 4.79 Å². The van der Waals surface area contributed by atoms with E-state index in [1.807, 2.05) is 13.8 Å². The Morgan fingerprint density at radius 3 is 1.99 bits per heavy atom. The molecular weight excluding hydrogens is 1390 g/mol. The van der Waals surface area contributed by atoms with Crippen molar-refractivity contribution in [1.82, 2.24) is 36.8 Å². The van der Waals surface area contributed by atoms with E-state index in [1.165, 1.54) is 44.2 Å². The summed E-state index contributed by atoms with van der Waals surface area (Å²) in [7, 11) is 3.20. The van der Waals surface area contributed by atoms with Gasteiger partial charge in [-0.2, -0.15) is 0 Å². The number of carbonyl (C=O) groups excluding carboxylic acids is 7. The Labute approximate surface area is 591 Å². The molecule has 35 heteroatoms. The maximum Gasteiger partial charge on any atom is 0.330 e. The van der Waals surface area contributed by atoms with Crippen LogP contribution in [0.25, 0.3) is 0 Å². The molecule has 13 unspecified atom stereocenters. The number of carboxylic acids is 1. The summed E-state index contributed by atoms with van der Waals surface area (Å²) in [6.45, 7) is 5.66. The summed E-state index contributed by atoms with van der Waals surface area (Å²) in [6.07, 6.45) is -17.2. The quantitative estimate of drug-likeness (QED) is 0.0790. The highest BCUT2D eigenvalue weighted by molar-refractivity contribution is 6.32. The number of phenolic OH excluding ortho intramolecular Hbond substituents is 2. The molecule has 102 heavy (non-hydrogen) atoms. The first-order chi connectivity index (χ1) is 48.0. The fraction of sp³-hybridized carbons (Fsp3) is 0.463. The van der Waals surface area contributed by atoms with Crippen LogP contribution in [0.3, 0.4) is 0 Å². The number of carboxylic acid groups (broad SMARTS) is 1. The van der Waals surface area contributed by atoms with E-state index in [9.17, 15) is 70.2 Å². The van der Waals surface area contributed by atoms with E-state index in [-0.39, 0.29) is 52.0 Å². The van der Waals surface area contributed by atoms with Crippen molar-refractivity contribution in [2.45, 2.75) is 168 Å². The number of nitrogens with zero attached hydrogens (tertiary/aromatic N) is 1. The molecule has 0 radical (unpaired) electrons. The van der Waals surface area contributed by atoms with Crippen LogP contribution in [0.4, 0.5) is 0 Å². The van der Waals surface area contributed by atoms with Gasteiger partial charge in [0.05, 0.1) is 47.4 Å². The predicted octanol–water partition coefficient (Wildman–Crippen LogP) is -0.656. The lowest BCUT2D eigenvalue weighted by Crippen LogP contribution is -2.61. The van der Waals surface area contributed by atoms with Gasteiger partial charge in [-0.05, 0) is 111 Å². The van der Waals surface area contributed by atoms with Gasteiger partial charge in [0.1, 0.15) is 89.8 Å². The molecule has 1 aliphatic carbocycles. The van der Waals surface area contributed by atoms with Gasteiger partial charge in [0.15, 0.2) is 23.8 Å². The molecule has 7 heterocycles. The van der Waals surface area contributed by atoms with E-state index in [2.05, 4.69) is 31.9 Å². The first-order valence-corrected chi connectivity index (χ1v) is 33.0. The summed E-state index contributed by atoms with van der Waals surface area (Å²) in [5, 5.41) is 127. The van der Waals surface area contributed by atoms with Gasteiger partial charge in [0.2, 0.25) is 53.4 Å². The zero-order chi connectivity index (χ0) is 74.4. The Bertz CT molecular complexity index is 4010. The second-order valence-corrected chi connectivity index (χ2v) is 27.5. The first kappa shape index (κ1) is 75.9. The molecule has 20 N–H and O–H groups in total. The molecule has 7 amide bonds. The number of aliphatic carboxylic acids is 1. The van der Waals surface area contributed by atoms with E-state index in [0.29, 0.717) is 0 Å². The third-order valence-corrected chi connectivity index (χ3v) is 18.9. The second-order valence-electron chi connectivity index (χ2n) is 26.7. The van der Waals surface area contributed by atoms with Crippen LogP contribution in [-0.2, 0) is 52.6 Å². The summed E-state index contributed by atoms with van der Waals surface area (Å²) in [6, 6.07) is -3.18. The minimum atomic E-state index is -2.33. The number of aromatic hydroxyl groups is 2. The highest BCUT2D eigenvalue weighted by Crippen LogP contribution is 2.49. The van der Waals surface area contributed by atoms with Crippen LogP contribution in [0.5, 0.6) is 40.2 Å². The fourth-order valence-electron chi connectivity index (χ4n) is 13.0. The molecule has 7 aliphatic heterocycles. The van der Waals surface area contributed by atoms with Crippen molar-refractivity contribution >= 4 is 70.5 Å². The lowest BCUT2D eigenvalue weighted by atomic mass is 9.80. The zero-order valence-corrected chi connectivity index (χ0v) is 56.9. The molecule has 20 atom stereocenters. The molecule has 12 rings (SSSR count). The highest BCUT2D eigenvalue weighted by atomic mass is 35.5. The third-order valence-electron chi connectivity index (χ3n) is 18.3. The standard InChI is InChI=1S/C67H79Cl2N9O24/c1-24(2)13-36(78(5)6)60(90)76-50-52(84)27-8-11-39(33(68)15-27)98-41-17-29-18-42(57(41)102-66-55(87)54(86)53(85)43(23-79)100-66)99-40-12-9-28(16-34(40)69)56(101-45-22-67(4,71)58(88)25(3)97-45)51-64(94)75-49(65(95)96)32-19-30(80)20-38(82)46(32)31-14-26(7-10-37(31)81)47(61(91)77-51)74-62(92)48(29)73-59(89)35(21-44(70)83)72-63(50)93/h7-12,14-20,24-25,31,35-37,43,45,47-56,58,66,79-82,84-88H,13,21-23,71H2,1-6H3,(H2,70,83)(H,72,93)(H,73,89)(H,74,92)(H,75,94)(H,76,90)(H,77,91)(H,95,96)/t25?,31?,35-,36+,37?,43?,45?,47?,48+,49-,50+,51?,52+,53?,54?,55?,56+,58?,66?,67?/m0/s1. The summed E-state index contributed by atoms with van der Waals surface area (Å²) in [4.78, 5) is 121. The number of amides is 7. The number of hydrogen-bond acceptors (Lipinski definition) is 25. The Kier molecular flexibility index (Phi) is 22.8. The summed E-state index contributed by atoms with van der Waals surface area (Å²) < 4.78 is 38.0. The summed E-state index contributed by atoms with van der Waals surface area (Å²) >= 11 is 14.3. The van der Waals surface area contributed by atoms with Gasteiger partial charge in [0, 0.05) is 29.5 Å². The summed E-state index contributed by atoms with van der Waals surface area (Å²) in [5.41, 5.74) is 8.92. The van der Waals surface area contributed by atoms with E-state index in [1.54, 1.807) is 19.0 Å². The average Bonchev–Trinajstić information content (AvgIpc) is 0.764. The monoisotopic (exact) mass is 1460 g/mol. The van der Waals surface area contributed by atoms with Gasteiger partial charge < -0.3 is 123 Å². The number of fused-ring (bicyclic) bond motifs is 14. The highest BCUT2D eigenvalue weighted by Gasteiger charge is 2.49. The van der Waals surface area contributed by atoms with Crippen molar-refractivity contribution in [3.05, 3.63) is 122 Å². The summed E-state index contributed by atoms with van der Waals surface area (Å²) in [5.74, 6) is -16.6. The molecule has 8 aliphatic rings. The normalized spacial score (nSPS) is 31.5. The minimum absolute atomic E-state index is 0.0888. The fourth-order valence-corrected chi connectivity index (χ4v) is 13.4. The number of rotatable bonds is 13. The molecule has 0 aromatic heterocycles. The van der Waals surface area contributed by atoms with Gasteiger partial charge in [-0.3, -0.25) is 38.5 Å². The Morgan fingerprint density at radius 2 is 1.39 bits per heavy atom. The van der Waals surface area contributed by atoms with Crippen molar-refractivity contribution in [2.75, 3.05) is 20.7 Å². The molecule has 550 valence electrons. The van der Waals surface area contributed by atoms with E-state index >= 15 is 19.2 Å². The predicted molar refractivity (Wildman–Crippen MR) is 354 cm³/mol. The number of benzene rings is 4. The lowest BCUT2D eigenvalue weighted by molar-refractivity contribution is -0.277. The molecule has 11 bridgehead atoms. The van der Waals surface area contributed by atoms with Crippen LogP contribution in [-0.4, -0.2) is 215 Å². The number of aliphatic hydroxyl groups excluding tert-OH is 7. The largest absolute Gasteiger partial charge is 0.508 e. The topological polar surface area (TPSA) is 522 Å². The number of carbonyl (C=O) groups is 8. The van der Waals surface area contributed by atoms with Crippen molar-refractivity contribution in [1.29, 1.82) is 0 Å². The van der Waals surface area contributed by atoms with Crippen LogP contribution in [0, 0.1) is 5.92 Å². The average molecular weight is 1470 g/mol. The Balaban J connectivity index is 1.25. The van der Waals surface area contributed by atoms with Crippen molar-refractivity contribution in [3.8, 4) is 40.2 Å². The van der Waals surface area contributed by atoms with Crippen molar-refractivity contribution in [3.63, 3.8) is 0 Å². The molecule has 0 saturated carbocycles. The SMILES string of the molecule is CC(C)C[C@H](C(=O)N[C@H]1C(=O)N[C@@H](CC(N)=O)C(=O)N[C@H]2C(=O)NC3C(=O)NC(C(=O)N[C@H](C(=O)O)c4cc(O)cc(O)c4C4C=C3C=CC4O)[C@H](OC3CC(C)(N)C(O)C(C)O3)c3ccc(c(Cl)c3)Oc3cc2cc(c3OC2OC(CO)C(O)C(O)C2O)Oc2ccc(cc2Cl)[C@H]1O)N(C)C. The van der Waals surface area contributed by atoms with Gasteiger partial charge >= 0.3 is 5.97 Å².